The lowest BCUT2D eigenvalue weighted by molar-refractivity contribution is -0.0221. The molecular weight excluding hydrogens is 218 g/mol. The Labute approximate surface area is 102 Å². The summed E-state index contributed by atoms with van der Waals surface area (Å²) >= 11 is 0. The van der Waals surface area contributed by atoms with Crippen LogP contribution in [0.3, 0.4) is 0 Å². The molecule has 1 aromatic rings. The van der Waals surface area contributed by atoms with E-state index >= 15 is 0 Å². The van der Waals surface area contributed by atoms with Gasteiger partial charge in [-0.15, -0.1) is 0 Å². The Bertz CT molecular complexity index is 356. The molecule has 17 heavy (non-hydrogen) atoms. The number of nitrogens with zero attached hydrogens (tertiary/aromatic N) is 2. The third-order valence-corrected chi connectivity index (χ3v) is 3.13. The van der Waals surface area contributed by atoms with Crippen LogP contribution < -0.4 is 5.32 Å². The Balaban J connectivity index is 2.09. The van der Waals surface area contributed by atoms with Crippen LogP contribution in [0.25, 0.3) is 0 Å². The monoisotopic (exact) mass is 239 g/mol. The van der Waals surface area contributed by atoms with Crippen LogP contribution in [0, 0.1) is 0 Å². The topological polar surface area (TPSA) is 60.2 Å². The quantitative estimate of drug-likeness (QED) is 0.868. The lowest BCUT2D eigenvalue weighted by Crippen LogP contribution is -2.28. The van der Waals surface area contributed by atoms with E-state index in [1.807, 2.05) is 20.8 Å². The van der Waals surface area contributed by atoms with Gasteiger partial charge in [-0.25, -0.2) is 0 Å². The normalized spacial score (nSPS) is 21.7. The van der Waals surface area contributed by atoms with E-state index in [1.165, 1.54) is 0 Å². The molecule has 1 aliphatic heterocycles. The zero-order valence-electron chi connectivity index (χ0n) is 10.8. The highest BCUT2D eigenvalue weighted by molar-refractivity contribution is 5.02. The molecule has 0 bridgehead atoms. The van der Waals surface area contributed by atoms with Crippen molar-refractivity contribution in [1.82, 2.24) is 15.5 Å². The Kier molecular flexibility index (Phi) is 3.79. The minimum Gasteiger partial charge on any atom is -0.368 e. The summed E-state index contributed by atoms with van der Waals surface area (Å²) in [4.78, 5) is 4.48. The summed E-state index contributed by atoms with van der Waals surface area (Å²) in [6.45, 7) is 8.54. The highest BCUT2D eigenvalue weighted by atomic mass is 16.5. The summed E-state index contributed by atoms with van der Waals surface area (Å²) in [6.07, 6.45) is 2.28. The summed E-state index contributed by atoms with van der Waals surface area (Å²) < 4.78 is 11.0. The Morgan fingerprint density at radius 2 is 2.35 bits per heavy atom. The standard InChI is InChI=1S/C12H21N3O2/c1-4-16-12(2,3)11-14-10(17-15-11)9-6-5-7-13-8-9/h9,13H,4-8H2,1-3H3/t9-/m1/s1. The van der Waals surface area contributed by atoms with E-state index in [1.54, 1.807) is 0 Å². The lowest BCUT2D eigenvalue weighted by atomic mass is 10.00. The van der Waals surface area contributed by atoms with Gasteiger partial charge < -0.3 is 14.6 Å². The van der Waals surface area contributed by atoms with E-state index < -0.39 is 5.60 Å². The largest absolute Gasteiger partial charge is 0.368 e. The van der Waals surface area contributed by atoms with Gasteiger partial charge in [-0.3, -0.25) is 0 Å². The summed E-state index contributed by atoms with van der Waals surface area (Å²) in [7, 11) is 0. The molecule has 0 spiro atoms. The van der Waals surface area contributed by atoms with Crippen molar-refractivity contribution < 1.29 is 9.26 Å². The summed E-state index contributed by atoms with van der Waals surface area (Å²) in [5.74, 6) is 1.72. The maximum atomic E-state index is 5.62. The molecule has 0 saturated carbocycles. The molecule has 0 unspecified atom stereocenters. The molecule has 1 aliphatic rings. The van der Waals surface area contributed by atoms with Crippen molar-refractivity contribution in [3.63, 3.8) is 0 Å². The van der Waals surface area contributed by atoms with E-state index in [2.05, 4.69) is 15.5 Å². The molecule has 0 radical (unpaired) electrons. The summed E-state index contributed by atoms with van der Waals surface area (Å²) in [5, 5.41) is 7.39. The second-order valence-corrected chi connectivity index (χ2v) is 4.94. The van der Waals surface area contributed by atoms with Gasteiger partial charge in [0.15, 0.2) is 0 Å². The van der Waals surface area contributed by atoms with Crippen LogP contribution in [0.15, 0.2) is 4.52 Å². The first kappa shape index (κ1) is 12.5. The molecule has 96 valence electrons. The second-order valence-electron chi connectivity index (χ2n) is 4.94. The number of rotatable bonds is 4. The van der Waals surface area contributed by atoms with Crippen LogP contribution in [0.1, 0.15) is 51.2 Å². The zero-order chi connectivity index (χ0) is 12.3. The van der Waals surface area contributed by atoms with Crippen LogP contribution in [-0.2, 0) is 10.3 Å². The van der Waals surface area contributed by atoms with Gasteiger partial charge in [0.2, 0.25) is 11.7 Å². The fourth-order valence-electron chi connectivity index (χ4n) is 2.13. The lowest BCUT2D eigenvalue weighted by Gasteiger charge is -2.20. The third kappa shape index (κ3) is 2.84. The van der Waals surface area contributed by atoms with Crippen LogP contribution in [-0.4, -0.2) is 29.8 Å². The first-order valence-corrected chi connectivity index (χ1v) is 6.32. The van der Waals surface area contributed by atoms with Gasteiger partial charge in [0, 0.05) is 13.2 Å². The Morgan fingerprint density at radius 3 is 3.00 bits per heavy atom. The highest BCUT2D eigenvalue weighted by Crippen LogP contribution is 2.26. The van der Waals surface area contributed by atoms with Crippen LogP contribution >= 0.6 is 0 Å². The fraction of sp³-hybridized carbons (Fsp3) is 0.833. The van der Waals surface area contributed by atoms with Crippen molar-refractivity contribution in [3.05, 3.63) is 11.7 Å². The van der Waals surface area contributed by atoms with Crippen molar-refractivity contribution >= 4 is 0 Å². The van der Waals surface area contributed by atoms with Crippen molar-refractivity contribution in [2.24, 2.45) is 0 Å². The number of hydrogen-bond donors (Lipinski definition) is 1. The van der Waals surface area contributed by atoms with Crippen molar-refractivity contribution in [2.45, 2.75) is 45.1 Å². The van der Waals surface area contributed by atoms with Crippen molar-refractivity contribution in [2.75, 3.05) is 19.7 Å². The predicted molar refractivity (Wildman–Crippen MR) is 63.8 cm³/mol. The van der Waals surface area contributed by atoms with Gasteiger partial charge in [-0.2, -0.15) is 4.98 Å². The van der Waals surface area contributed by atoms with E-state index in [4.69, 9.17) is 9.26 Å². The molecule has 0 amide bonds. The zero-order valence-corrected chi connectivity index (χ0v) is 10.8. The SMILES string of the molecule is CCOC(C)(C)c1noc([C@@H]2CCCNC2)n1. The molecule has 1 aromatic heterocycles. The first-order chi connectivity index (χ1) is 8.13. The second kappa shape index (κ2) is 5.14. The molecule has 2 heterocycles. The van der Waals surface area contributed by atoms with Crippen molar-refractivity contribution in [3.8, 4) is 0 Å². The molecule has 2 rings (SSSR count). The van der Waals surface area contributed by atoms with Crippen LogP contribution in [0.4, 0.5) is 0 Å². The van der Waals surface area contributed by atoms with Gasteiger partial charge >= 0.3 is 0 Å². The molecular formula is C12H21N3O2. The van der Waals surface area contributed by atoms with E-state index in [9.17, 15) is 0 Å². The smallest absolute Gasteiger partial charge is 0.231 e. The molecule has 1 atom stereocenters. The number of hydrogen-bond acceptors (Lipinski definition) is 5. The summed E-state index contributed by atoms with van der Waals surface area (Å²) in [6, 6.07) is 0. The maximum absolute atomic E-state index is 5.62. The maximum Gasteiger partial charge on any atom is 0.231 e. The van der Waals surface area contributed by atoms with Gasteiger partial charge in [-0.05, 0) is 40.2 Å². The molecule has 5 nitrogen and oxygen atoms in total. The van der Waals surface area contributed by atoms with Gasteiger partial charge in [0.1, 0.15) is 5.60 Å². The number of aromatic nitrogens is 2. The van der Waals surface area contributed by atoms with E-state index in [-0.39, 0.29) is 0 Å². The minimum absolute atomic E-state index is 0.349. The number of ether oxygens (including phenoxy) is 1. The average molecular weight is 239 g/mol. The van der Waals surface area contributed by atoms with E-state index in [0.29, 0.717) is 18.3 Å². The molecule has 0 aliphatic carbocycles. The third-order valence-electron chi connectivity index (χ3n) is 3.13. The Morgan fingerprint density at radius 1 is 1.53 bits per heavy atom. The van der Waals surface area contributed by atoms with Crippen LogP contribution in [0.5, 0.6) is 0 Å². The van der Waals surface area contributed by atoms with Gasteiger partial charge in [0.05, 0.1) is 5.92 Å². The number of nitrogens with one attached hydrogen (secondary N) is 1. The fourth-order valence-corrected chi connectivity index (χ4v) is 2.13. The van der Waals surface area contributed by atoms with E-state index in [0.717, 1.165) is 31.8 Å². The highest BCUT2D eigenvalue weighted by Gasteiger charge is 2.29. The molecule has 1 saturated heterocycles. The molecule has 0 aromatic carbocycles. The number of piperidine rings is 1. The molecule has 1 N–H and O–H groups in total. The predicted octanol–water partition coefficient (Wildman–Crippen LogP) is 1.81. The summed E-state index contributed by atoms with van der Waals surface area (Å²) in [5.41, 5.74) is -0.474. The minimum atomic E-state index is -0.474. The van der Waals surface area contributed by atoms with Gasteiger partial charge in [-0.1, -0.05) is 5.16 Å². The first-order valence-electron chi connectivity index (χ1n) is 6.32. The molecule has 5 heteroatoms. The molecule has 1 fully saturated rings. The Hall–Kier alpha value is -0.940. The van der Waals surface area contributed by atoms with Crippen LogP contribution in [0.2, 0.25) is 0 Å². The van der Waals surface area contributed by atoms with Gasteiger partial charge in [0.25, 0.3) is 0 Å². The average Bonchev–Trinajstić information content (AvgIpc) is 2.80. The van der Waals surface area contributed by atoms with Crippen molar-refractivity contribution in [1.29, 1.82) is 0 Å².